The first-order valence-corrected chi connectivity index (χ1v) is 10.4. The number of rotatable bonds is 9. The maximum absolute atomic E-state index is 12.8. The van der Waals surface area contributed by atoms with Gasteiger partial charge < -0.3 is 9.47 Å². The second kappa shape index (κ2) is 10.8. The first-order valence-electron chi connectivity index (χ1n) is 10.4. The highest BCUT2D eigenvalue weighted by Crippen LogP contribution is 2.29. The summed E-state index contributed by atoms with van der Waals surface area (Å²) in [4.78, 5) is 25.6. The van der Waals surface area contributed by atoms with Gasteiger partial charge in [-0.1, -0.05) is 71.0 Å². The fraction of sp³-hybridized carbons (Fsp3) is 0.440. The minimum absolute atomic E-state index is 0.0187. The Labute approximate surface area is 174 Å². The Kier molecular flexibility index (Phi) is 8.44. The zero-order chi connectivity index (χ0) is 21.4. The molecule has 29 heavy (non-hydrogen) atoms. The van der Waals surface area contributed by atoms with Gasteiger partial charge in [-0.15, -0.1) is 0 Å². The Hall–Kier alpha value is -2.62. The van der Waals surface area contributed by atoms with Crippen molar-refractivity contribution < 1.29 is 19.1 Å². The molecular formula is C25H32O4. The van der Waals surface area contributed by atoms with Gasteiger partial charge >= 0.3 is 11.9 Å². The molecule has 0 heterocycles. The molecule has 0 aliphatic heterocycles. The van der Waals surface area contributed by atoms with Crippen LogP contribution in [0.5, 0.6) is 0 Å². The predicted molar refractivity (Wildman–Crippen MR) is 115 cm³/mol. The van der Waals surface area contributed by atoms with E-state index >= 15 is 0 Å². The van der Waals surface area contributed by atoms with E-state index in [1.807, 2.05) is 32.9 Å². The molecule has 0 spiro atoms. The Bertz CT molecular complexity index is 770. The lowest BCUT2D eigenvalue weighted by atomic mass is 9.84. The summed E-state index contributed by atoms with van der Waals surface area (Å²) in [6, 6.07) is 17.8. The molecule has 4 nitrogen and oxygen atoms in total. The fourth-order valence-corrected chi connectivity index (χ4v) is 3.12. The second-order valence-corrected chi connectivity index (χ2v) is 7.96. The molecule has 2 aromatic rings. The second-order valence-electron chi connectivity index (χ2n) is 7.96. The van der Waals surface area contributed by atoms with Crippen LogP contribution in [0.2, 0.25) is 0 Å². The van der Waals surface area contributed by atoms with Crippen molar-refractivity contribution in [1.29, 1.82) is 0 Å². The van der Waals surface area contributed by atoms with Gasteiger partial charge in [0, 0.05) is 0 Å². The van der Waals surface area contributed by atoms with Crippen molar-refractivity contribution in [3.63, 3.8) is 0 Å². The van der Waals surface area contributed by atoms with E-state index < -0.39 is 24.1 Å². The number of hydrogen-bond donors (Lipinski definition) is 0. The minimum atomic E-state index is -0.537. The molecule has 0 bridgehead atoms. The Balaban J connectivity index is 2.31. The third-order valence-corrected chi connectivity index (χ3v) is 5.60. The quantitative estimate of drug-likeness (QED) is 0.505. The first-order chi connectivity index (χ1) is 13.8. The maximum atomic E-state index is 12.8. The predicted octanol–water partition coefficient (Wildman–Crippen LogP) is 5.78. The van der Waals surface area contributed by atoms with Gasteiger partial charge in [0.25, 0.3) is 0 Å². The number of carbonyl (C=O) groups is 2. The van der Waals surface area contributed by atoms with Crippen LogP contribution in [0, 0.1) is 17.8 Å². The third kappa shape index (κ3) is 6.18. The van der Waals surface area contributed by atoms with Gasteiger partial charge in [0.2, 0.25) is 0 Å². The molecule has 2 rings (SSSR count). The van der Waals surface area contributed by atoms with Gasteiger partial charge in [0.1, 0.15) is 12.2 Å². The Morgan fingerprint density at radius 2 is 1.14 bits per heavy atom. The van der Waals surface area contributed by atoms with Gasteiger partial charge in [-0.2, -0.15) is 0 Å². The van der Waals surface area contributed by atoms with Crippen LogP contribution in [0.4, 0.5) is 0 Å². The maximum Gasteiger partial charge on any atom is 0.338 e. The molecule has 0 amide bonds. The highest BCUT2D eigenvalue weighted by atomic mass is 16.6. The summed E-state index contributed by atoms with van der Waals surface area (Å²) >= 11 is 0. The van der Waals surface area contributed by atoms with Crippen molar-refractivity contribution in [2.45, 2.75) is 53.2 Å². The van der Waals surface area contributed by atoms with Crippen molar-refractivity contribution in [3.05, 3.63) is 71.8 Å². The summed E-state index contributed by atoms with van der Waals surface area (Å²) in [5, 5.41) is 0. The Morgan fingerprint density at radius 1 is 0.724 bits per heavy atom. The zero-order valence-corrected chi connectivity index (χ0v) is 18.0. The summed E-state index contributed by atoms with van der Waals surface area (Å²) < 4.78 is 11.9. The van der Waals surface area contributed by atoms with Gasteiger partial charge in [0.05, 0.1) is 11.1 Å². The van der Waals surface area contributed by atoms with Crippen LogP contribution in [-0.2, 0) is 9.47 Å². The number of hydrogen-bond acceptors (Lipinski definition) is 4. The molecule has 156 valence electrons. The van der Waals surface area contributed by atoms with Gasteiger partial charge in [-0.05, 0) is 48.4 Å². The summed E-state index contributed by atoms with van der Waals surface area (Å²) in [5.74, 6) is -0.479. The van der Waals surface area contributed by atoms with Crippen LogP contribution < -0.4 is 0 Å². The largest absolute Gasteiger partial charge is 0.455 e. The molecule has 4 atom stereocenters. The van der Waals surface area contributed by atoms with E-state index in [2.05, 4.69) is 13.8 Å². The molecule has 0 fully saturated rings. The van der Waals surface area contributed by atoms with Crippen LogP contribution in [0.3, 0.4) is 0 Å². The van der Waals surface area contributed by atoms with E-state index in [4.69, 9.17) is 9.47 Å². The van der Waals surface area contributed by atoms with Gasteiger partial charge in [-0.3, -0.25) is 0 Å². The average Bonchev–Trinajstić information content (AvgIpc) is 2.75. The van der Waals surface area contributed by atoms with E-state index in [0.717, 1.165) is 6.42 Å². The summed E-state index contributed by atoms with van der Waals surface area (Å²) in [6.45, 7) is 10.3. The number of ether oxygens (including phenoxy) is 2. The monoisotopic (exact) mass is 396 g/mol. The number of esters is 2. The van der Waals surface area contributed by atoms with Crippen LogP contribution >= 0.6 is 0 Å². The molecule has 0 radical (unpaired) electrons. The number of carbonyl (C=O) groups excluding carboxylic acids is 2. The van der Waals surface area contributed by atoms with E-state index in [1.54, 1.807) is 48.5 Å². The van der Waals surface area contributed by atoms with Gasteiger partial charge in [-0.25, -0.2) is 9.59 Å². The smallest absolute Gasteiger partial charge is 0.338 e. The lowest BCUT2D eigenvalue weighted by Gasteiger charge is -2.36. The summed E-state index contributed by atoms with van der Waals surface area (Å²) in [6.07, 6.45) is -0.264. The lowest BCUT2D eigenvalue weighted by molar-refractivity contribution is -0.0782. The van der Waals surface area contributed by atoms with Gasteiger partial charge in [0.15, 0.2) is 0 Å². The molecule has 0 aliphatic rings. The van der Waals surface area contributed by atoms with E-state index in [1.165, 1.54) is 0 Å². The van der Waals surface area contributed by atoms with Crippen LogP contribution in [0.25, 0.3) is 0 Å². The van der Waals surface area contributed by atoms with Crippen molar-refractivity contribution in [1.82, 2.24) is 0 Å². The summed E-state index contributed by atoms with van der Waals surface area (Å²) in [7, 11) is 0. The lowest BCUT2D eigenvalue weighted by Crippen LogP contribution is -2.45. The highest BCUT2D eigenvalue weighted by molar-refractivity contribution is 5.90. The van der Waals surface area contributed by atoms with E-state index in [0.29, 0.717) is 11.1 Å². The molecule has 2 aromatic carbocycles. The third-order valence-electron chi connectivity index (χ3n) is 5.60. The van der Waals surface area contributed by atoms with Crippen molar-refractivity contribution in [2.24, 2.45) is 17.8 Å². The molecule has 0 saturated carbocycles. The van der Waals surface area contributed by atoms with E-state index in [-0.39, 0.29) is 17.8 Å². The summed E-state index contributed by atoms with van der Waals surface area (Å²) in [5.41, 5.74) is 0.983. The zero-order valence-electron chi connectivity index (χ0n) is 18.0. The van der Waals surface area contributed by atoms with Crippen LogP contribution in [-0.4, -0.2) is 24.1 Å². The van der Waals surface area contributed by atoms with Crippen LogP contribution in [0.1, 0.15) is 61.8 Å². The molecule has 0 saturated heterocycles. The standard InChI is InChI=1S/C25H32O4/c1-6-18(4)22(28-24(26)20-13-9-7-10-14-20)23(19(5)17(2)3)29-25(27)21-15-11-8-12-16-21/h7-19,22-23H,6H2,1-5H3/t18-,19+,22-,23-/m1/s1. The highest BCUT2D eigenvalue weighted by Gasteiger charge is 2.38. The number of benzene rings is 2. The van der Waals surface area contributed by atoms with Crippen LogP contribution in [0.15, 0.2) is 60.7 Å². The van der Waals surface area contributed by atoms with Crippen molar-refractivity contribution in [3.8, 4) is 0 Å². The minimum Gasteiger partial charge on any atom is -0.455 e. The molecular weight excluding hydrogens is 364 g/mol. The molecule has 0 aromatic heterocycles. The molecule has 0 unspecified atom stereocenters. The normalized spacial score (nSPS) is 15.2. The first kappa shape index (κ1) is 22.7. The molecule has 0 N–H and O–H groups in total. The Morgan fingerprint density at radius 3 is 1.52 bits per heavy atom. The average molecular weight is 397 g/mol. The van der Waals surface area contributed by atoms with Crippen molar-refractivity contribution >= 4 is 11.9 Å². The van der Waals surface area contributed by atoms with Crippen molar-refractivity contribution in [2.75, 3.05) is 0 Å². The molecule has 4 heteroatoms. The SMILES string of the molecule is CC[C@@H](C)[C@@H](OC(=O)c1ccccc1)[C@H](OC(=O)c1ccccc1)[C@@H](C)C(C)C. The topological polar surface area (TPSA) is 52.6 Å². The molecule has 0 aliphatic carbocycles. The fourth-order valence-electron chi connectivity index (χ4n) is 3.12. The van der Waals surface area contributed by atoms with E-state index in [9.17, 15) is 9.59 Å².